The van der Waals surface area contributed by atoms with Gasteiger partial charge in [0.25, 0.3) is 5.91 Å². The Labute approximate surface area is 195 Å². The monoisotopic (exact) mass is 487 g/mol. The molecule has 0 saturated carbocycles. The summed E-state index contributed by atoms with van der Waals surface area (Å²) in [6.07, 6.45) is -3.26. The fraction of sp³-hybridized carbons (Fsp3) is 0.286. The van der Waals surface area contributed by atoms with Crippen LogP contribution in [0.3, 0.4) is 0 Å². The number of likely N-dealkylation sites (N-methyl/N-ethyl adjacent to an activating group) is 1. The summed E-state index contributed by atoms with van der Waals surface area (Å²) in [7, 11) is 4.94. The van der Waals surface area contributed by atoms with Crippen molar-refractivity contribution in [2.45, 2.75) is 18.6 Å². The average Bonchev–Trinajstić information content (AvgIpc) is 3.12. The number of methoxy groups -OCH3 is 1. The van der Waals surface area contributed by atoms with Gasteiger partial charge in [-0.25, -0.2) is 5.43 Å². The number of alkyl halides is 3. The van der Waals surface area contributed by atoms with E-state index in [0.717, 1.165) is 17.3 Å². The Balaban J connectivity index is 0.00000385. The van der Waals surface area contributed by atoms with Crippen LogP contribution in [0.25, 0.3) is 5.76 Å². The molecule has 33 heavy (non-hydrogen) atoms. The van der Waals surface area contributed by atoms with E-state index in [4.69, 9.17) is 9.57 Å². The highest BCUT2D eigenvalue weighted by molar-refractivity contribution is 5.87. The molecule has 0 aliphatic carbocycles. The molecule has 1 amide bonds. The second-order valence-corrected chi connectivity index (χ2v) is 7.45. The Hall–Kier alpha value is -2.99. The Morgan fingerprint density at radius 1 is 1.15 bits per heavy atom. The van der Waals surface area contributed by atoms with Crippen LogP contribution in [0, 0.1) is 5.21 Å². The predicted molar refractivity (Wildman–Crippen MR) is 109 cm³/mol. The number of hydrazine groups is 1. The molecule has 0 bridgehead atoms. The highest BCUT2D eigenvalue weighted by Crippen LogP contribution is 2.31. The first-order chi connectivity index (χ1) is 15.0. The van der Waals surface area contributed by atoms with E-state index in [2.05, 4.69) is 5.43 Å². The number of halogens is 4. The number of amides is 1. The minimum Gasteiger partial charge on any atom is -1.00 e. The third-order valence-corrected chi connectivity index (χ3v) is 5.33. The second kappa shape index (κ2) is 9.87. The maximum absolute atomic E-state index is 13.2. The Kier molecular flexibility index (Phi) is 7.86. The number of carbonyl (C=O) groups is 1. The molecule has 0 fully saturated rings. The van der Waals surface area contributed by atoms with Gasteiger partial charge in [-0.2, -0.15) is 13.2 Å². The fourth-order valence-electron chi connectivity index (χ4n) is 3.11. The van der Waals surface area contributed by atoms with Gasteiger partial charge in [-0.3, -0.25) is 14.5 Å². The van der Waals surface area contributed by atoms with Gasteiger partial charge in [0, 0.05) is 5.56 Å². The first-order valence-electron chi connectivity index (χ1n) is 9.50. The van der Waals surface area contributed by atoms with E-state index in [1.165, 1.54) is 25.4 Å². The number of quaternary nitrogens is 1. The zero-order chi connectivity index (χ0) is 23.7. The normalized spacial score (nSPS) is 17.5. The number of hydrogen-bond donors (Lipinski definition) is 2. The lowest BCUT2D eigenvalue weighted by Crippen LogP contribution is -3.12. The molecule has 8 nitrogen and oxygen atoms in total. The molecule has 0 spiro atoms. The summed E-state index contributed by atoms with van der Waals surface area (Å²) in [4.78, 5) is 20.0. The largest absolute Gasteiger partial charge is 1.00 e. The molecule has 180 valence electrons. The SMILES string of the molecule is COc1cccc(C(C)(C(=O)NN2C=C(c3ccc(C(F)(F)F)cc3)O[NH+]2[O-])N(C)C)c1.[Cl-]. The average molecular weight is 488 g/mol. The molecular formula is C21H23ClF3N4O4-. The van der Waals surface area contributed by atoms with Gasteiger partial charge in [-0.1, -0.05) is 34.7 Å². The van der Waals surface area contributed by atoms with Crippen molar-refractivity contribution in [3.63, 3.8) is 0 Å². The number of nitrogens with one attached hydrogen (secondary N) is 2. The van der Waals surface area contributed by atoms with Crippen LogP contribution < -0.4 is 27.9 Å². The minimum absolute atomic E-state index is 0. The van der Waals surface area contributed by atoms with Gasteiger partial charge in [0.15, 0.2) is 0 Å². The number of benzene rings is 2. The van der Waals surface area contributed by atoms with Gasteiger partial charge >= 0.3 is 6.18 Å². The number of rotatable bonds is 6. The Morgan fingerprint density at radius 3 is 2.33 bits per heavy atom. The van der Waals surface area contributed by atoms with Crippen LogP contribution in [-0.2, 0) is 21.3 Å². The highest BCUT2D eigenvalue weighted by atomic mass is 35.5. The van der Waals surface area contributed by atoms with E-state index in [1.807, 2.05) is 0 Å². The summed E-state index contributed by atoms with van der Waals surface area (Å²) in [6, 6.07) is 11.1. The molecule has 0 radical (unpaired) electrons. The summed E-state index contributed by atoms with van der Waals surface area (Å²) in [6.45, 7) is 1.68. The van der Waals surface area contributed by atoms with E-state index in [9.17, 15) is 23.2 Å². The third-order valence-electron chi connectivity index (χ3n) is 5.33. The number of hydrogen-bond acceptors (Lipinski definition) is 6. The molecule has 2 aromatic carbocycles. The zero-order valence-electron chi connectivity index (χ0n) is 18.2. The van der Waals surface area contributed by atoms with Crippen molar-refractivity contribution in [2.24, 2.45) is 0 Å². The van der Waals surface area contributed by atoms with E-state index >= 15 is 0 Å². The molecule has 3 rings (SSSR count). The smallest absolute Gasteiger partial charge is 0.416 e. The maximum Gasteiger partial charge on any atom is 0.416 e. The van der Waals surface area contributed by atoms with Gasteiger partial charge in [0.1, 0.15) is 17.5 Å². The van der Waals surface area contributed by atoms with Crippen molar-refractivity contribution in [3.05, 3.63) is 76.6 Å². The van der Waals surface area contributed by atoms with Gasteiger partial charge in [0.05, 0.1) is 12.7 Å². The van der Waals surface area contributed by atoms with Crippen LogP contribution in [0.4, 0.5) is 13.2 Å². The molecule has 2 N–H and O–H groups in total. The van der Waals surface area contributed by atoms with Crippen LogP contribution in [0.2, 0.25) is 0 Å². The van der Waals surface area contributed by atoms with Crippen LogP contribution in [0.5, 0.6) is 5.75 Å². The lowest BCUT2D eigenvalue weighted by molar-refractivity contribution is -1.12. The lowest BCUT2D eigenvalue weighted by atomic mass is 9.89. The minimum atomic E-state index is -4.48. The molecule has 2 aromatic rings. The summed E-state index contributed by atoms with van der Waals surface area (Å²) in [5, 5.41) is 12.2. The van der Waals surface area contributed by atoms with Crippen molar-refractivity contribution < 1.29 is 45.3 Å². The number of carbonyl (C=O) groups excluding carboxylic acids is 1. The fourth-order valence-corrected chi connectivity index (χ4v) is 3.11. The van der Waals surface area contributed by atoms with Gasteiger partial charge in [-0.15, -0.1) is 0 Å². The van der Waals surface area contributed by atoms with Crippen LogP contribution in [0.15, 0.2) is 54.7 Å². The van der Waals surface area contributed by atoms with Crippen LogP contribution in [-0.4, -0.2) is 37.1 Å². The maximum atomic E-state index is 13.2. The molecular weight excluding hydrogens is 465 g/mol. The van der Waals surface area contributed by atoms with Crippen molar-refractivity contribution in [1.82, 2.24) is 15.4 Å². The zero-order valence-corrected chi connectivity index (χ0v) is 19.0. The van der Waals surface area contributed by atoms with Crippen LogP contribution >= 0.6 is 0 Å². The lowest BCUT2D eigenvalue weighted by Gasteiger charge is -2.36. The van der Waals surface area contributed by atoms with Crippen molar-refractivity contribution in [1.29, 1.82) is 0 Å². The summed E-state index contributed by atoms with van der Waals surface area (Å²) < 4.78 is 43.5. The number of nitrogens with zero attached hydrogens (tertiary/aromatic N) is 2. The molecule has 2 atom stereocenters. The van der Waals surface area contributed by atoms with Gasteiger partial charge < -0.3 is 22.4 Å². The first-order valence-corrected chi connectivity index (χ1v) is 9.50. The molecule has 1 aliphatic heterocycles. The van der Waals surface area contributed by atoms with E-state index in [0.29, 0.717) is 11.3 Å². The molecule has 0 saturated heterocycles. The molecule has 1 aliphatic rings. The van der Waals surface area contributed by atoms with Crippen LogP contribution in [0.1, 0.15) is 23.6 Å². The van der Waals surface area contributed by atoms with Crippen molar-refractivity contribution >= 4 is 11.7 Å². The third kappa shape index (κ3) is 5.33. The topological polar surface area (TPSA) is 81.5 Å². The van der Waals surface area contributed by atoms with Gasteiger partial charge in [-0.05, 0) is 50.8 Å². The first kappa shape index (κ1) is 26.3. The second-order valence-electron chi connectivity index (χ2n) is 7.45. The number of ether oxygens (including phenoxy) is 1. The van der Waals surface area contributed by atoms with Gasteiger partial charge in [0.2, 0.25) is 5.76 Å². The van der Waals surface area contributed by atoms with Crippen molar-refractivity contribution in [2.75, 3.05) is 21.2 Å². The van der Waals surface area contributed by atoms with E-state index in [1.54, 1.807) is 50.2 Å². The Bertz CT molecular complexity index is 1020. The summed E-state index contributed by atoms with van der Waals surface area (Å²) in [5.41, 5.74) is 1.38. The summed E-state index contributed by atoms with van der Waals surface area (Å²) >= 11 is 0. The standard InChI is InChI=1S/C21H23F3N4O4.ClH/c1-20(26(2)3,16-6-5-7-17(12-16)31-4)19(29)25-27-13-18(32-28(27)30)14-8-10-15(11-9-14)21(22,23)24;/h5-13,28H,1-4H3,(H,25,29);1H/p-1. The Morgan fingerprint density at radius 2 is 1.79 bits per heavy atom. The predicted octanol–water partition coefficient (Wildman–Crippen LogP) is -0.930. The van der Waals surface area contributed by atoms with E-state index in [-0.39, 0.29) is 23.7 Å². The molecule has 12 heteroatoms. The highest BCUT2D eigenvalue weighted by Gasteiger charge is 2.40. The van der Waals surface area contributed by atoms with Crippen molar-refractivity contribution in [3.8, 4) is 5.75 Å². The molecule has 2 unspecified atom stereocenters. The molecule has 1 heterocycles. The molecule has 0 aromatic heterocycles. The quantitative estimate of drug-likeness (QED) is 0.513. The summed E-state index contributed by atoms with van der Waals surface area (Å²) in [5.74, 6) is 0.0445. The van der Waals surface area contributed by atoms with E-state index < -0.39 is 28.5 Å².